The highest BCUT2D eigenvalue weighted by atomic mass is 32.2. The highest BCUT2D eigenvalue weighted by Gasteiger charge is 2.30. The minimum Gasteiger partial charge on any atom is -0.326 e. The molecule has 0 aromatic heterocycles. The smallest absolute Gasteiger partial charge is 0.301 e. The molecule has 1 saturated carbocycles. The first kappa shape index (κ1) is 13.3. The lowest BCUT2D eigenvalue weighted by Crippen LogP contribution is -2.41. The number of rotatable bonds is 6. The Morgan fingerprint density at radius 3 is 2.39 bits per heavy atom. The predicted octanol–water partition coefficient (Wildman–Crippen LogP) is 0.968. The zero-order valence-corrected chi connectivity index (χ0v) is 11.3. The molecular weight excluding hydrogens is 250 g/mol. The molecule has 0 atom stereocenters. The van der Waals surface area contributed by atoms with Gasteiger partial charge in [0.2, 0.25) is 0 Å². The van der Waals surface area contributed by atoms with Gasteiger partial charge in [-0.05, 0) is 37.5 Å². The van der Waals surface area contributed by atoms with E-state index in [-0.39, 0.29) is 6.04 Å². The summed E-state index contributed by atoms with van der Waals surface area (Å²) < 4.78 is 28.4. The summed E-state index contributed by atoms with van der Waals surface area (Å²) in [5.41, 5.74) is 7.18. The van der Waals surface area contributed by atoms with Crippen molar-refractivity contribution in [2.75, 3.05) is 10.8 Å². The van der Waals surface area contributed by atoms with Crippen LogP contribution in [0.4, 0.5) is 5.69 Å². The third kappa shape index (κ3) is 3.01. The summed E-state index contributed by atoms with van der Waals surface area (Å²) in [7, 11) is -3.43. The molecule has 0 aliphatic heterocycles. The summed E-state index contributed by atoms with van der Waals surface area (Å²) in [5, 5.41) is 0. The lowest BCUT2D eigenvalue weighted by molar-refractivity contribution is 0.576. The largest absolute Gasteiger partial charge is 0.326 e. The van der Waals surface area contributed by atoms with E-state index in [9.17, 15) is 8.42 Å². The van der Waals surface area contributed by atoms with Crippen LogP contribution in [-0.2, 0) is 16.8 Å². The average molecular weight is 269 g/mol. The molecule has 0 amide bonds. The third-order valence-electron chi connectivity index (χ3n) is 2.93. The quantitative estimate of drug-likeness (QED) is 0.808. The van der Waals surface area contributed by atoms with Gasteiger partial charge in [-0.15, -0.1) is 0 Å². The number of hydrogen-bond acceptors (Lipinski definition) is 3. The molecule has 1 aliphatic carbocycles. The monoisotopic (exact) mass is 269 g/mol. The van der Waals surface area contributed by atoms with E-state index >= 15 is 0 Å². The Labute approximate surface area is 108 Å². The molecule has 6 heteroatoms. The van der Waals surface area contributed by atoms with E-state index in [1.165, 1.54) is 4.31 Å². The summed E-state index contributed by atoms with van der Waals surface area (Å²) >= 11 is 0. The maximum absolute atomic E-state index is 12.2. The summed E-state index contributed by atoms with van der Waals surface area (Å²) in [6, 6.07) is 7.40. The van der Waals surface area contributed by atoms with Crippen molar-refractivity contribution in [2.45, 2.75) is 32.4 Å². The fourth-order valence-electron chi connectivity index (χ4n) is 1.77. The third-order valence-corrected chi connectivity index (χ3v) is 4.61. The number of hydrogen-bond donors (Lipinski definition) is 2. The second kappa shape index (κ2) is 5.26. The van der Waals surface area contributed by atoms with Crippen LogP contribution in [0.5, 0.6) is 0 Å². The van der Waals surface area contributed by atoms with Gasteiger partial charge in [-0.1, -0.05) is 12.1 Å². The van der Waals surface area contributed by atoms with Crippen LogP contribution in [-0.4, -0.2) is 21.0 Å². The van der Waals surface area contributed by atoms with E-state index in [0.29, 0.717) is 18.8 Å². The molecule has 0 spiro atoms. The van der Waals surface area contributed by atoms with Gasteiger partial charge in [0.1, 0.15) is 0 Å². The fraction of sp³-hybridized carbons (Fsp3) is 0.500. The average Bonchev–Trinajstić information content (AvgIpc) is 3.13. The lowest BCUT2D eigenvalue weighted by Gasteiger charge is -2.23. The second-order valence-corrected chi connectivity index (χ2v) is 6.06. The zero-order valence-electron chi connectivity index (χ0n) is 10.5. The Hall–Kier alpha value is -1.11. The number of benzene rings is 1. The van der Waals surface area contributed by atoms with Crippen LogP contribution >= 0.6 is 0 Å². The van der Waals surface area contributed by atoms with Gasteiger partial charge in [0.25, 0.3) is 0 Å². The van der Waals surface area contributed by atoms with Crippen LogP contribution in [0.3, 0.4) is 0 Å². The first-order chi connectivity index (χ1) is 8.56. The topological polar surface area (TPSA) is 75.4 Å². The highest BCUT2D eigenvalue weighted by molar-refractivity contribution is 7.90. The van der Waals surface area contributed by atoms with Gasteiger partial charge < -0.3 is 5.73 Å². The van der Waals surface area contributed by atoms with Crippen LogP contribution in [0.1, 0.15) is 25.3 Å². The maximum atomic E-state index is 12.2. The van der Waals surface area contributed by atoms with Gasteiger partial charge in [-0.25, -0.2) is 0 Å². The van der Waals surface area contributed by atoms with Gasteiger partial charge in [-0.3, -0.25) is 4.31 Å². The van der Waals surface area contributed by atoms with Crippen molar-refractivity contribution in [2.24, 2.45) is 5.73 Å². The van der Waals surface area contributed by atoms with Gasteiger partial charge >= 0.3 is 10.2 Å². The molecule has 18 heavy (non-hydrogen) atoms. The van der Waals surface area contributed by atoms with Crippen LogP contribution in [0, 0.1) is 0 Å². The molecule has 0 radical (unpaired) electrons. The molecule has 100 valence electrons. The predicted molar refractivity (Wildman–Crippen MR) is 72.4 cm³/mol. The van der Waals surface area contributed by atoms with Gasteiger partial charge in [0, 0.05) is 19.1 Å². The highest BCUT2D eigenvalue weighted by Crippen LogP contribution is 2.23. The van der Waals surface area contributed by atoms with E-state index < -0.39 is 10.2 Å². The summed E-state index contributed by atoms with van der Waals surface area (Å²) in [6.07, 6.45) is 1.87. The number of nitrogens with two attached hydrogens (primary N) is 1. The first-order valence-corrected chi connectivity index (χ1v) is 7.60. The molecule has 2 rings (SSSR count). The van der Waals surface area contributed by atoms with E-state index in [2.05, 4.69) is 4.72 Å². The molecule has 1 fully saturated rings. The SMILES string of the molecule is CCN(c1ccc(CN)cc1)S(=O)(=O)NC1CC1. The first-order valence-electron chi connectivity index (χ1n) is 6.16. The van der Waals surface area contributed by atoms with E-state index in [1.54, 1.807) is 12.1 Å². The van der Waals surface area contributed by atoms with Gasteiger partial charge in [-0.2, -0.15) is 13.1 Å². The Kier molecular flexibility index (Phi) is 3.89. The van der Waals surface area contributed by atoms with Gasteiger partial charge in [0.05, 0.1) is 5.69 Å². The second-order valence-electron chi connectivity index (χ2n) is 4.43. The minimum absolute atomic E-state index is 0.118. The Balaban J connectivity index is 2.20. The number of nitrogens with one attached hydrogen (secondary N) is 1. The number of anilines is 1. The normalized spacial score (nSPS) is 15.7. The Bertz CT molecular complexity index is 495. The summed E-state index contributed by atoms with van der Waals surface area (Å²) in [6.45, 7) is 2.69. The molecule has 5 nitrogen and oxygen atoms in total. The Morgan fingerprint density at radius 2 is 1.94 bits per heavy atom. The fourth-order valence-corrected chi connectivity index (χ4v) is 3.29. The van der Waals surface area contributed by atoms with Crippen molar-refractivity contribution >= 4 is 15.9 Å². The van der Waals surface area contributed by atoms with Crippen molar-refractivity contribution in [3.63, 3.8) is 0 Å². The van der Waals surface area contributed by atoms with Gasteiger partial charge in [0.15, 0.2) is 0 Å². The van der Waals surface area contributed by atoms with Crippen molar-refractivity contribution in [1.29, 1.82) is 0 Å². The molecule has 0 heterocycles. The molecule has 1 aromatic carbocycles. The van der Waals surface area contributed by atoms with Crippen LogP contribution < -0.4 is 14.8 Å². The lowest BCUT2D eigenvalue weighted by atomic mass is 10.2. The Morgan fingerprint density at radius 1 is 1.33 bits per heavy atom. The molecule has 1 aromatic rings. The zero-order chi connectivity index (χ0) is 13.2. The van der Waals surface area contributed by atoms with Crippen LogP contribution in [0.15, 0.2) is 24.3 Å². The van der Waals surface area contributed by atoms with E-state index in [1.807, 2.05) is 19.1 Å². The number of nitrogens with zero attached hydrogens (tertiary/aromatic N) is 1. The molecule has 3 N–H and O–H groups in total. The maximum Gasteiger partial charge on any atom is 0.301 e. The van der Waals surface area contributed by atoms with E-state index in [4.69, 9.17) is 5.73 Å². The van der Waals surface area contributed by atoms with Crippen molar-refractivity contribution in [3.8, 4) is 0 Å². The van der Waals surface area contributed by atoms with Crippen molar-refractivity contribution in [3.05, 3.63) is 29.8 Å². The molecular formula is C12H19N3O2S. The molecule has 0 bridgehead atoms. The molecule has 0 unspecified atom stereocenters. The van der Waals surface area contributed by atoms with Crippen LogP contribution in [0.2, 0.25) is 0 Å². The van der Waals surface area contributed by atoms with Crippen molar-refractivity contribution in [1.82, 2.24) is 4.72 Å². The van der Waals surface area contributed by atoms with Crippen LogP contribution in [0.25, 0.3) is 0 Å². The standard InChI is InChI=1S/C12H19N3O2S/c1-2-15(18(16,17)14-11-5-6-11)12-7-3-10(9-13)4-8-12/h3-4,7-8,11,14H,2,5-6,9,13H2,1H3. The molecule has 1 aliphatic rings. The minimum atomic E-state index is -3.43. The summed E-state index contributed by atoms with van der Waals surface area (Å²) in [4.78, 5) is 0. The van der Waals surface area contributed by atoms with E-state index in [0.717, 1.165) is 18.4 Å². The summed E-state index contributed by atoms with van der Waals surface area (Å²) in [5.74, 6) is 0. The van der Waals surface area contributed by atoms with Crippen molar-refractivity contribution < 1.29 is 8.42 Å². The molecule has 0 saturated heterocycles.